The van der Waals surface area contributed by atoms with Gasteiger partial charge in [-0.3, -0.25) is 4.98 Å². The lowest BCUT2D eigenvalue weighted by atomic mass is 10.0. The van der Waals surface area contributed by atoms with Crippen LogP contribution in [0.5, 0.6) is 0 Å². The van der Waals surface area contributed by atoms with Crippen LogP contribution in [0.3, 0.4) is 0 Å². The first kappa shape index (κ1) is 12.4. The molecule has 2 heterocycles. The van der Waals surface area contributed by atoms with Gasteiger partial charge in [-0.15, -0.1) is 0 Å². The summed E-state index contributed by atoms with van der Waals surface area (Å²) in [7, 11) is 0. The molecule has 0 aliphatic carbocycles. The van der Waals surface area contributed by atoms with Crippen molar-refractivity contribution in [3.05, 3.63) is 24.0 Å². The van der Waals surface area contributed by atoms with Crippen molar-refractivity contribution in [2.24, 2.45) is 0 Å². The predicted octanol–water partition coefficient (Wildman–Crippen LogP) is 2.36. The van der Waals surface area contributed by atoms with Gasteiger partial charge < -0.3 is 10.2 Å². The maximum absolute atomic E-state index is 4.28. The van der Waals surface area contributed by atoms with E-state index in [0.717, 1.165) is 18.8 Å². The highest BCUT2D eigenvalue weighted by molar-refractivity contribution is 5.48. The largest absolute Gasteiger partial charge is 0.366 e. The molecule has 1 aliphatic rings. The van der Waals surface area contributed by atoms with E-state index in [1.54, 1.807) is 0 Å². The van der Waals surface area contributed by atoms with E-state index in [1.165, 1.54) is 18.5 Å². The molecule has 1 N–H and O–H groups in total. The molecule has 2 atom stereocenters. The van der Waals surface area contributed by atoms with Crippen LogP contribution in [-0.2, 0) is 0 Å². The van der Waals surface area contributed by atoms with E-state index in [-0.39, 0.29) is 0 Å². The van der Waals surface area contributed by atoms with Gasteiger partial charge in [0, 0.05) is 42.8 Å². The summed E-state index contributed by atoms with van der Waals surface area (Å²) in [6, 6.07) is 5.56. The summed E-state index contributed by atoms with van der Waals surface area (Å²) in [4.78, 5) is 6.82. The van der Waals surface area contributed by atoms with E-state index < -0.39 is 0 Å². The first-order chi connectivity index (χ1) is 8.24. The van der Waals surface area contributed by atoms with Gasteiger partial charge in [-0.2, -0.15) is 0 Å². The molecular formula is C14H23N3. The monoisotopic (exact) mass is 233 g/mol. The Balaban J connectivity index is 2.20. The molecule has 3 nitrogen and oxygen atoms in total. The van der Waals surface area contributed by atoms with E-state index >= 15 is 0 Å². The lowest BCUT2D eigenvalue weighted by Crippen LogP contribution is -2.56. The fourth-order valence-electron chi connectivity index (χ4n) is 2.53. The number of anilines is 1. The van der Waals surface area contributed by atoms with E-state index in [4.69, 9.17) is 0 Å². The molecule has 0 amide bonds. The van der Waals surface area contributed by atoms with Crippen LogP contribution in [0.4, 0.5) is 5.69 Å². The topological polar surface area (TPSA) is 28.2 Å². The van der Waals surface area contributed by atoms with Crippen molar-refractivity contribution in [1.29, 1.82) is 0 Å². The molecule has 1 aliphatic heterocycles. The smallest absolute Gasteiger partial charge is 0.0412 e. The second-order valence-corrected chi connectivity index (χ2v) is 4.88. The molecule has 94 valence electrons. The van der Waals surface area contributed by atoms with Crippen molar-refractivity contribution in [3.63, 3.8) is 0 Å². The molecule has 2 rings (SSSR count). The van der Waals surface area contributed by atoms with Gasteiger partial charge in [-0.05, 0) is 31.9 Å². The average Bonchev–Trinajstić information content (AvgIpc) is 2.38. The van der Waals surface area contributed by atoms with Gasteiger partial charge in [0.05, 0.1) is 0 Å². The minimum atomic E-state index is 0.611. The number of rotatable bonds is 3. The van der Waals surface area contributed by atoms with E-state index in [0.29, 0.717) is 12.1 Å². The molecule has 1 saturated heterocycles. The fourth-order valence-corrected chi connectivity index (χ4v) is 2.53. The van der Waals surface area contributed by atoms with Crippen LogP contribution in [0.1, 0.15) is 32.4 Å². The molecule has 0 radical (unpaired) electrons. The predicted molar refractivity (Wildman–Crippen MR) is 72.5 cm³/mol. The van der Waals surface area contributed by atoms with Crippen LogP contribution >= 0.6 is 0 Å². The molecule has 1 aromatic heterocycles. The maximum atomic E-state index is 4.28. The summed E-state index contributed by atoms with van der Waals surface area (Å²) in [5.74, 6) is 0. The summed E-state index contributed by atoms with van der Waals surface area (Å²) in [6.07, 6.45) is 4.29. The highest BCUT2D eigenvalue weighted by Gasteiger charge is 2.25. The highest BCUT2D eigenvalue weighted by atomic mass is 15.2. The molecule has 0 bridgehead atoms. The number of pyridine rings is 1. The third kappa shape index (κ3) is 2.78. The van der Waals surface area contributed by atoms with Gasteiger partial charge in [0.2, 0.25) is 0 Å². The molecule has 1 aromatic rings. The normalized spacial score (nSPS) is 25.0. The summed E-state index contributed by atoms with van der Waals surface area (Å²) < 4.78 is 0. The Labute approximate surface area is 104 Å². The van der Waals surface area contributed by atoms with Crippen LogP contribution < -0.4 is 10.2 Å². The number of nitrogens with one attached hydrogen (secondary N) is 1. The summed E-state index contributed by atoms with van der Waals surface area (Å²) in [5.41, 5.74) is 2.42. The molecule has 1 fully saturated rings. The zero-order chi connectivity index (χ0) is 12.3. The van der Waals surface area contributed by atoms with Crippen LogP contribution in [-0.4, -0.2) is 30.2 Å². The number of nitrogens with zero attached hydrogens (tertiary/aromatic N) is 2. The number of piperazine rings is 1. The number of hydrogen-bond donors (Lipinski definition) is 1. The van der Waals surface area contributed by atoms with Crippen molar-refractivity contribution in [1.82, 2.24) is 10.3 Å². The molecule has 0 saturated carbocycles. The molecule has 3 heteroatoms. The van der Waals surface area contributed by atoms with Gasteiger partial charge in [0.1, 0.15) is 0 Å². The SMILES string of the molecule is CCC1CN(c2ccnc(C)c2)C(CC)CN1. The fraction of sp³-hybridized carbons (Fsp3) is 0.643. The van der Waals surface area contributed by atoms with E-state index in [9.17, 15) is 0 Å². The molecular weight excluding hydrogens is 210 g/mol. The Hall–Kier alpha value is -1.09. The van der Waals surface area contributed by atoms with Crippen LogP contribution in [0, 0.1) is 6.92 Å². The van der Waals surface area contributed by atoms with Crippen molar-refractivity contribution < 1.29 is 0 Å². The highest BCUT2D eigenvalue weighted by Crippen LogP contribution is 2.22. The zero-order valence-electron chi connectivity index (χ0n) is 11.1. The third-order valence-corrected chi connectivity index (χ3v) is 3.68. The second-order valence-electron chi connectivity index (χ2n) is 4.88. The Kier molecular flexibility index (Phi) is 4.00. The van der Waals surface area contributed by atoms with Gasteiger partial charge in [0.15, 0.2) is 0 Å². The lowest BCUT2D eigenvalue weighted by molar-refractivity contribution is 0.379. The quantitative estimate of drug-likeness (QED) is 0.868. The summed E-state index contributed by atoms with van der Waals surface area (Å²) in [5, 5.41) is 3.63. The van der Waals surface area contributed by atoms with Crippen molar-refractivity contribution >= 4 is 5.69 Å². The summed E-state index contributed by atoms with van der Waals surface area (Å²) >= 11 is 0. The molecule has 2 unspecified atom stereocenters. The standard InChI is InChI=1S/C14H23N3/c1-4-12-10-17(13(5-2)9-16-12)14-6-7-15-11(3)8-14/h6-8,12-13,16H,4-5,9-10H2,1-3H3. The summed E-state index contributed by atoms with van der Waals surface area (Å²) in [6.45, 7) is 8.78. The lowest BCUT2D eigenvalue weighted by Gasteiger charge is -2.41. The molecule has 17 heavy (non-hydrogen) atoms. The minimum absolute atomic E-state index is 0.611. The Morgan fingerprint density at radius 3 is 2.88 bits per heavy atom. The number of hydrogen-bond acceptors (Lipinski definition) is 3. The maximum Gasteiger partial charge on any atom is 0.0412 e. The zero-order valence-corrected chi connectivity index (χ0v) is 11.1. The second kappa shape index (κ2) is 5.50. The van der Waals surface area contributed by atoms with E-state index in [2.05, 4.69) is 48.1 Å². The minimum Gasteiger partial charge on any atom is -0.366 e. The van der Waals surface area contributed by atoms with Crippen LogP contribution in [0.2, 0.25) is 0 Å². The third-order valence-electron chi connectivity index (χ3n) is 3.68. The van der Waals surface area contributed by atoms with E-state index in [1.807, 2.05) is 6.20 Å². The van der Waals surface area contributed by atoms with Gasteiger partial charge in [-0.25, -0.2) is 0 Å². The van der Waals surface area contributed by atoms with Gasteiger partial charge in [-0.1, -0.05) is 13.8 Å². The van der Waals surface area contributed by atoms with Crippen molar-refractivity contribution in [2.45, 2.75) is 45.7 Å². The molecule has 0 spiro atoms. The Bertz CT molecular complexity index is 364. The first-order valence-corrected chi connectivity index (χ1v) is 6.67. The number of aryl methyl sites for hydroxylation is 1. The van der Waals surface area contributed by atoms with Crippen molar-refractivity contribution in [3.8, 4) is 0 Å². The first-order valence-electron chi connectivity index (χ1n) is 6.67. The van der Waals surface area contributed by atoms with Crippen LogP contribution in [0.25, 0.3) is 0 Å². The Morgan fingerprint density at radius 2 is 2.24 bits per heavy atom. The Morgan fingerprint density at radius 1 is 1.41 bits per heavy atom. The van der Waals surface area contributed by atoms with Gasteiger partial charge >= 0.3 is 0 Å². The van der Waals surface area contributed by atoms with Gasteiger partial charge in [0.25, 0.3) is 0 Å². The van der Waals surface area contributed by atoms with Crippen molar-refractivity contribution in [2.75, 3.05) is 18.0 Å². The average molecular weight is 233 g/mol. The molecule has 0 aromatic carbocycles. The van der Waals surface area contributed by atoms with Crippen LogP contribution in [0.15, 0.2) is 18.3 Å². The number of aromatic nitrogens is 1.